The van der Waals surface area contributed by atoms with Crippen LogP contribution < -0.4 is 10.1 Å². The lowest BCUT2D eigenvalue weighted by Gasteiger charge is -2.12. The standard InChI is InChI=1S/C23H21ClN4O2S2/c1-2-30-19-10-8-18(9-11-19)28-22(16-5-3-6-17(24)13-16)26-27-23(28)32-15-21(29)25-14-20-7-4-12-31-20/h3-13H,2,14-15H2,1H3,(H,25,29). The van der Waals surface area contributed by atoms with Crippen LogP contribution in [0.3, 0.4) is 0 Å². The molecule has 2 heterocycles. The Hall–Kier alpha value is -2.81. The Labute approximate surface area is 199 Å². The molecule has 0 saturated carbocycles. The van der Waals surface area contributed by atoms with Crippen LogP contribution in [0.15, 0.2) is 71.2 Å². The third-order valence-electron chi connectivity index (χ3n) is 4.49. The lowest BCUT2D eigenvalue weighted by Crippen LogP contribution is -2.24. The van der Waals surface area contributed by atoms with Crippen molar-refractivity contribution in [1.82, 2.24) is 20.1 Å². The second-order valence-corrected chi connectivity index (χ2v) is 9.13. The van der Waals surface area contributed by atoms with Gasteiger partial charge in [0.1, 0.15) is 5.75 Å². The molecular formula is C23H21ClN4O2S2. The molecule has 0 fully saturated rings. The van der Waals surface area contributed by atoms with Gasteiger partial charge >= 0.3 is 0 Å². The first-order valence-corrected chi connectivity index (χ1v) is 12.2. The van der Waals surface area contributed by atoms with Gasteiger partial charge in [-0.25, -0.2) is 0 Å². The maximum Gasteiger partial charge on any atom is 0.230 e. The van der Waals surface area contributed by atoms with Gasteiger partial charge in [0.15, 0.2) is 11.0 Å². The van der Waals surface area contributed by atoms with Crippen molar-refractivity contribution in [3.8, 4) is 22.8 Å². The Bertz CT molecular complexity index is 1180. The molecule has 1 amide bonds. The highest BCUT2D eigenvalue weighted by Crippen LogP contribution is 2.30. The van der Waals surface area contributed by atoms with E-state index in [1.807, 2.05) is 77.5 Å². The summed E-state index contributed by atoms with van der Waals surface area (Å²) in [5.74, 6) is 1.61. The number of hydrogen-bond donors (Lipinski definition) is 1. The second kappa shape index (κ2) is 10.7. The minimum absolute atomic E-state index is 0.0612. The first kappa shape index (κ1) is 22.4. The maximum atomic E-state index is 12.4. The van der Waals surface area contributed by atoms with Crippen molar-refractivity contribution in [2.75, 3.05) is 12.4 Å². The SMILES string of the molecule is CCOc1ccc(-n2c(SCC(=O)NCc3cccs3)nnc2-c2cccc(Cl)c2)cc1. The number of carbonyl (C=O) groups excluding carboxylic acids is 1. The smallest absolute Gasteiger partial charge is 0.230 e. The third-order valence-corrected chi connectivity index (χ3v) is 6.53. The summed E-state index contributed by atoms with van der Waals surface area (Å²) in [6.45, 7) is 3.07. The molecule has 4 aromatic rings. The van der Waals surface area contributed by atoms with Gasteiger partial charge in [0, 0.05) is 21.2 Å². The van der Waals surface area contributed by atoms with E-state index < -0.39 is 0 Å². The van der Waals surface area contributed by atoms with Crippen LogP contribution in [0.2, 0.25) is 5.02 Å². The van der Waals surface area contributed by atoms with E-state index in [0.29, 0.717) is 29.2 Å². The van der Waals surface area contributed by atoms with Gasteiger partial charge in [-0.05, 0) is 54.8 Å². The topological polar surface area (TPSA) is 69.0 Å². The number of nitrogens with zero attached hydrogens (tertiary/aromatic N) is 3. The van der Waals surface area contributed by atoms with E-state index in [9.17, 15) is 4.79 Å². The van der Waals surface area contributed by atoms with Gasteiger partial charge < -0.3 is 10.1 Å². The van der Waals surface area contributed by atoms with Crippen LogP contribution in [0.5, 0.6) is 5.75 Å². The number of rotatable bonds is 9. The summed E-state index contributed by atoms with van der Waals surface area (Å²) in [7, 11) is 0. The van der Waals surface area contributed by atoms with E-state index >= 15 is 0 Å². The lowest BCUT2D eigenvalue weighted by molar-refractivity contribution is -0.118. The summed E-state index contributed by atoms with van der Waals surface area (Å²) in [6, 6.07) is 19.1. The average Bonchev–Trinajstić information content (AvgIpc) is 3.47. The van der Waals surface area contributed by atoms with Gasteiger partial charge in [-0.3, -0.25) is 9.36 Å². The predicted molar refractivity (Wildman–Crippen MR) is 130 cm³/mol. The lowest BCUT2D eigenvalue weighted by atomic mass is 10.2. The highest BCUT2D eigenvalue weighted by atomic mass is 35.5. The fraction of sp³-hybridized carbons (Fsp3) is 0.174. The number of nitrogens with one attached hydrogen (secondary N) is 1. The molecular weight excluding hydrogens is 464 g/mol. The fourth-order valence-corrected chi connectivity index (χ4v) is 4.67. The molecule has 0 aliphatic rings. The molecule has 0 aliphatic carbocycles. The van der Waals surface area contributed by atoms with Crippen molar-refractivity contribution in [2.24, 2.45) is 0 Å². The molecule has 0 atom stereocenters. The number of amides is 1. The Kier molecular flexibility index (Phi) is 7.47. The van der Waals surface area contributed by atoms with Crippen molar-refractivity contribution in [3.63, 3.8) is 0 Å². The fourth-order valence-electron chi connectivity index (χ4n) is 3.05. The van der Waals surface area contributed by atoms with Gasteiger partial charge in [0.25, 0.3) is 0 Å². The Morgan fingerprint density at radius 2 is 2.00 bits per heavy atom. The van der Waals surface area contributed by atoms with E-state index in [1.165, 1.54) is 11.8 Å². The first-order valence-electron chi connectivity index (χ1n) is 10.0. The first-order chi connectivity index (χ1) is 15.6. The molecule has 0 aliphatic heterocycles. The number of hydrogen-bond acceptors (Lipinski definition) is 6. The second-order valence-electron chi connectivity index (χ2n) is 6.72. The highest BCUT2D eigenvalue weighted by molar-refractivity contribution is 7.99. The normalized spacial score (nSPS) is 10.8. The zero-order chi connectivity index (χ0) is 22.3. The van der Waals surface area contributed by atoms with E-state index in [-0.39, 0.29) is 11.7 Å². The zero-order valence-electron chi connectivity index (χ0n) is 17.3. The maximum absolute atomic E-state index is 12.4. The number of ether oxygens (including phenoxy) is 1. The number of halogens is 1. The number of benzene rings is 2. The summed E-state index contributed by atoms with van der Waals surface area (Å²) < 4.78 is 7.49. The van der Waals surface area contributed by atoms with Crippen LogP contribution in [0.1, 0.15) is 11.8 Å². The number of thiophene rings is 1. The Morgan fingerprint density at radius 3 is 2.72 bits per heavy atom. The molecule has 0 radical (unpaired) electrons. The molecule has 32 heavy (non-hydrogen) atoms. The average molecular weight is 485 g/mol. The Morgan fingerprint density at radius 1 is 1.16 bits per heavy atom. The zero-order valence-corrected chi connectivity index (χ0v) is 19.7. The molecule has 0 spiro atoms. The quantitative estimate of drug-likeness (QED) is 0.319. The molecule has 1 N–H and O–H groups in total. The van der Waals surface area contributed by atoms with Crippen LogP contribution in [0, 0.1) is 0 Å². The molecule has 2 aromatic carbocycles. The van der Waals surface area contributed by atoms with Crippen molar-refractivity contribution in [1.29, 1.82) is 0 Å². The van der Waals surface area contributed by atoms with Crippen LogP contribution in [-0.2, 0) is 11.3 Å². The molecule has 4 rings (SSSR count). The van der Waals surface area contributed by atoms with Crippen LogP contribution in [-0.4, -0.2) is 33.0 Å². The van der Waals surface area contributed by atoms with E-state index in [0.717, 1.165) is 21.9 Å². The molecule has 6 nitrogen and oxygen atoms in total. The third kappa shape index (κ3) is 5.51. The molecule has 9 heteroatoms. The van der Waals surface area contributed by atoms with E-state index in [4.69, 9.17) is 16.3 Å². The monoisotopic (exact) mass is 484 g/mol. The molecule has 0 bridgehead atoms. The predicted octanol–water partition coefficient (Wildman–Crippen LogP) is 5.46. The number of aromatic nitrogens is 3. The summed E-state index contributed by atoms with van der Waals surface area (Å²) in [5.41, 5.74) is 1.71. The van der Waals surface area contributed by atoms with Gasteiger partial charge in [-0.2, -0.15) is 0 Å². The van der Waals surface area contributed by atoms with Gasteiger partial charge in [-0.1, -0.05) is 41.6 Å². The highest BCUT2D eigenvalue weighted by Gasteiger charge is 2.18. The van der Waals surface area contributed by atoms with E-state index in [2.05, 4.69) is 15.5 Å². The van der Waals surface area contributed by atoms with Crippen LogP contribution in [0.25, 0.3) is 17.1 Å². The van der Waals surface area contributed by atoms with Crippen molar-refractivity contribution in [2.45, 2.75) is 18.6 Å². The molecule has 164 valence electrons. The number of thioether (sulfide) groups is 1. The summed E-state index contributed by atoms with van der Waals surface area (Å²) in [5, 5.41) is 14.9. The van der Waals surface area contributed by atoms with Crippen LogP contribution >= 0.6 is 34.7 Å². The number of carbonyl (C=O) groups is 1. The summed E-state index contributed by atoms with van der Waals surface area (Å²) in [6.07, 6.45) is 0. The Balaban J connectivity index is 1.58. The van der Waals surface area contributed by atoms with Crippen molar-refractivity contribution in [3.05, 3.63) is 75.9 Å². The van der Waals surface area contributed by atoms with Crippen molar-refractivity contribution >= 4 is 40.6 Å². The van der Waals surface area contributed by atoms with Crippen molar-refractivity contribution < 1.29 is 9.53 Å². The largest absolute Gasteiger partial charge is 0.494 e. The van der Waals surface area contributed by atoms with Crippen LogP contribution in [0.4, 0.5) is 0 Å². The summed E-state index contributed by atoms with van der Waals surface area (Å²) >= 11 is 9.16. The van der Waals surface area contributed by atoms with Gasteiger partial charge in [0.2, 0.25) is 5.91 Å². The molecule has 0 saturated heterocycles. The molecule has 0 unspecified atom stereocenters. The minimum Gasteiger partial charge on any atom is -0.494 e. The van der Waals surface area contributed by atoms with Gasteiger partial charge in [-0.15, -0.1) is 21.5 Å². The van der Waals surface area contributed by atoms with E-state index in [1.54, 1.807) is 11.3 Å². The summed E-state index contributed by atoms with van der Waals surface area (Å²) in [4.78, 5) is 13.5. The van der Waals surface area contributed by atoms with Gasteiger partial charge in [0.05, 0.1) is 18.9 Å². The minimum atomic E-state index is -0.0612. The molecule has 2 aromatic heterocycles.